The summed E-state index contributed by atoms with van der Waals surface area (Å²) < 4.78 is 33.9. The summed E-state index contributed by atoms with van der Waals surface area (Å²) in [7, 11) is 0. The lowest BCUT2D eigenvalue weighted by atomic mass is 9.94. The van der Waals surface area contributed by atoms with Gasteiger partial charge in [-0.25, -0.2) is 18.6 Å². The van der Waals surface area contributed by atoms with Crippen molar-refractivity contribution < 1.29 is 23.4 Å². The van der Waals surface area contributed by atoms with Crippen molar-refractivity contribution >= 4 is 23.0 Å². The number of halogens is 2. The SMILES string of the molecule is CC1(N)CN(c2nc3c(cc2F)c(=O)c(OC(=O)O)cn3-c2ccc(F)cc2)C1. The molecule has 0 aliphatic carbocycles. The molecule has 1 aromatic carbocycles. The third-order valence-electron chi connectivity index (χ3n) is 4.59. The minimum Gasteiger partial charge on any atom is -0.449 e. The number of fused-ring (bicyclic) bond motifs is 1. The van der Waals surface area contributed by atoms with E-state index in [1.807, 2.05) is 6.92 Å². The maximum atomic E-state index is 14.7. The average molecular weight is 402 g/mol. The molecule has 1 aliphatic heterocycles. The number of rotatable bonds is 3. The molecule has 0 amide bonds. The molecule has 8 nitrogen and oxygen atoms in total. The fourth-order valence-electron chi connectivity index (χ4n) is 3.35. The van der Waals surface area contributed by atoms with E-state index in [4.69, 9.17) is 10.8 Å². The first-order valence-corrected chi connectivity index (χ1v) is 8.61. The van der Waals surface area contributed by atoms with Crippen molar-refractivity contribution in [1.82, 2.24) is 9.55 Å². The first kappa shape index (κ1) is 18.8. The summed E-state index contributed by atoms with van der Waals surface area (Å²) in [6, 6.07) is 6.19. The minimum atomic E-state index is -1.69. The summed E-state index contributed by atoms with van der Waals surface area (Å²) in [5, 5.41) is 8.72. The molecule has 150 valence electrons. The van der Waals surface area contributed by atoms with Gasteiger partial charge >= 0.3 is 6.16 Å². The van der Waals surface area contributed by atoms with Crippen LogP contribution in [0.2, 0.25) is 0 Å². The number of hydrogen-bond acceptors (Lipinski definition) is 6. The van der Waals surface area contributed by atoms with Crippen LogP contribution in [0.5, 0.6) is 5.75 Å². The van der Waals surface area contributed by atoms with E-state index in [0.29, 0.717) is 18.8 Å². The highest BCUT2D eigenvalue weighted by molar-refractivity contribution is 5.81. The lowest BCUT2D eigenvalue weighted by Gasteiger charge is -2.46. The van der Waals surface area contributed by atoms with Crippen LogP contribution in [0.15, 0.2) is 41.3 Å². The zero-order chi connectivity index (χ0) is 20.9. The number of aromatic nitrogens is 2. The van der Waals surface area contributed by atoms with Gasteiger partial charge in [0.25, 0.3) is 0 Å². The van der Waals surface area contributed by atoms with Crippen LogP contribution in [0, 0.1) is 11.6 Å². The van der Waals surface area contributed by atoms with Crippen LogP contribution in [0.1, 0.15) is 6.92 Å². The van der Waals surface area contributed by atoms with Crippen molar-refractivity contribution in [3.63, 3.8) is 0 Å². The third kappa shape index (κ3) is 3.38. The van der Waals surface area contributed by atoms with E-state index in [1.165, 1.54) is 28.8 Å². The highest BCUT2D eigenvalue weighted by atomic mass is 19.1. The molecule has 3 heterocycles. The topological polar surface area (TPSA) is 111 Å². The number of nitrogens with two attached hydrogens (primary N) is 1. The van der Waals surface area contributed by atoms with E-state index in [2.05, 4.69) is 9.72 Å². The number of carbonyl (C=O) groups is 1. The molecule has 1 saturated heterocycles. The predicted octanol–water partition coefficient (Wildman–Crippen LogP) is 2.26. The standard InChI is InChI=1S/C19H16F2N4O4/c1-19(22)8-24(9-19)17-13(21)6-12-15(26)14(29-18(27)28)7-25(16(12)23-17)11-4-2-10(20)3-5-11/h2-7H,8-9,22H2,1H3,(H,27,28). The monoisotopic (exact) mass is 402 g/mol. The van der Waals surface area contributed by atoms with Crippen LogP contribution in [-0.4, -0.2) is 39.4 Å². The molecule has 2 aromatic heterocycles. The molecule has 0 radical (unpaired) electrons. The van der Waals surface area contributed by atoms with Gasteiger partial charge in [-0.05, 0) is 37.3 Å². The van der Waals surface area contributed by atoms with Gasteiger partial charge in [0, 0.05) is 24.3 Å². The Balaban J connectivity index is 1.96. The van der Waals surface area contributed by atoms with Crippen LogP contribution in [0.25, 0.3) is 16.7 Å². The van der Waals surface area contributed by atoms with Crippen LogP contribution >= 0.6 is 0 Å². The molecule has 0 unspecified atom stereocenters. The fraction of sp³-hybridized carbons (Fsp3) is 0.211. The Kier molecular flexibility index (Phi) is 4.23. The zero-order valence-corrected chi connectivity index (χ0v) is 15.2. The minimum absolute atomic E-state index is 0.0163. The molecule has 29 heavy (non-hydrogen) atoms. The van der Waals surface area contributed by atoms with Crippen molar-refractivity contribution in [2.45, 2.75) is 12.5 Å². The van der Waals surface area contributed by atoms with Crippen molar-refractivity contribution in [3.05, 3.63) is 58.4 Å². The Labute approximate surface area is 162 Å². The molecule has 3 N–H and O–H groups in total. The number of nitrogens with zero attached hydrogens (tertiary/aromatic N) is 3. The van der Waals surface area contributed by atoms with Gasteiger partial charge in [0.2, 0.25) is 5.43 Å². The van der Waals surface area contributed by atoms with Crippen LogP contribution in [0.4, 0.5) is 19.4 Å². The number of anilines is 1. The molecule has 0 bridgehead atoms. The van der Waals surface area contributed by atoms with Crippen LogP contribution in [0.3, 0.4) is 0 Å². The summed E-state index contributed by atoms with van der Waals surface area (Å²) >= 11 is 0. The summed E-state index contributed by atoms with van der Waals surface area (Å²) in [5.41, 5.74) is 5.13. The highest BCUT2D eigenvalue weighted by Crippen LogP contribution is 2.29. The molecule has 1 fully saturated rings. The zero-order valence-electron chi connectivity index (χ0n) is 15.2. The molecular weight excluding hydrogens is 386 g/mol. The molecule has 0 spiro atoms. The molecule has 0 atom stereocenters. The quantitative estimate of drug-likeness (QED) is 0.647. The van der Waals surface area contributed by atoms with E-state index in [-0.39, 0.29) is 16.9 Å². The van der Waals surface area contributed by atoms with Crippen molar-refractivity contribution in [3.8, 4) is 11.4 Å². The second-order valence-corrected chi connectivity index (χ2v) is 7.21. The second-order valence-electron chi connectivity index (χ2n) is 7.21. The Hall–Kier alpha value is -3.53. The maximum Gasteiger partial charge on any atom is 0.511 e. The average Bonchev–Trinajstić information content (AvgIpc) is 2.62. The van der Waals surface area contributed by atoms with Gasteiger partial charge in [-0.3, -0.25) is 9.36 Å². The highest BCUT2D eigenvalue weighted by Gasteiger charge is 2.37. The van der Waals surface area contributed by atoms with Gasteiger partial charge < -0.3 is 20.5 Å². The van der Waals surface area contributed by atoms with Gasteiger partial charge in [-0.15, -0.1) is 0 Å². The lowest BCUT2D eigenvalue weighted by molar-refractivity contribution is 0.144. The number of benzene rings is 1. The summed E-state index contributed by atoms with van der Waals surface area (Å²) in [5.74, 6) is -1.74. The Morgan fingerprint density at radius 2 is 1.93 bits per heavy atom. The van der Waals surface area contributed by atoms with Gasteiger partial charge in [-0.1, -0.05) is 0 Å². The second kappa shape index (κ2) is 6.52. The first-order valence-electron chi connectivity index (χ1n) is 8.61. The number of pyridine rings is 2. The molecule has 1 aliphatic rings. The Morgan fingerprint density at radius 3 is 2.52 bits per heavy atom. The van der Waals surface area contributed by atoms with E-state index in [0.717, 1.165) is 12.3 Å². The number of hydrogen-bond donors (Lipinski definition) is 2. The number of ether oxygens (including phenoxy) is 1. The van der Waals surface area contributed by atoms with E-state index >= 15 is 0 Å². The molecule has 10 heteroatoms. The van der Waals surface area contributed by atoms with Gasteiger partial charge in [0.15, 0.2) is 23.0 Å². The van der Waals surface area contributed by atoms with E-state index in [1.54, 1.807) is 4.90 Å². The third-order valence-corrected chi connectivity index (χ3v) is 4.59. The molecule has 4 rings (SSSR count). The maximum absolute atomic E-state index is 14.7. The molecule has 3 aromatic rings. The largest absolute Gasteiger partial charge is 0.511 e. The summed E-state index contributed by atoms with van der Waals surface area (Å²) in [4.78, 5) is 29.5. The van der Waals surface area contributed by atoms with Gasteiger partial charge in [0.05, 0.1) is 11.6 Å². The van der Waals surface area contributed by atoms with Crippen molar-refractivity contribution in [2.75, 3.05) is 18.0 Å². The normalized spacial score (nSPS) is 15.2. The predicted molar refractivity (Wildman–Crippen MR) is 101 cm³/mol. The van der Waals surface area contributed by atoms with Crippen LogP contribution < -0.4 is 20.8 Å². The molecule has 0 saturated carbocycles. The summed E-state index contributed by atoms with van der Waals surface area (Å²) in [6.07, 6.45) is -0.566. The fourth-order valence-corrected chi connectivity index (χ4v) is 3.35. The first-order chi connectivity index (χ1) is 13.6. The summed E-state index contributed by atoms with van der Waals surface area (Å²) in [6.45, 7) is 2.58. The Morgan fingerprint density at radius 1 is 1.28 bits per heavy atom. The Bertz CT molecular complexity index is 1180. The lowest BCUT2D eigenvalue weighted by Crippen LogP contribution is -2.66. The van der Waals surface area contributed by atoms with E-state index in [9.17, 15) is 18.4 Å². The smallest absolute Gasteiger partial charge is 0.449 e. The van der Waals surface area contributed by atoms with Gasteiger partial charge in [0.1, 0.15) is 5.82 Å². The number of carboxylic acid groups (broad SMARTS) is 1. The van der Waals surface area contributed by atoms with Crippen LogP contribution in [-0.2, 0) is 0 Å². The van der Waals surface area contributed by atoms with Crippen molar-refractivity contribution in [1.29, 1.82) is 0 Å². The van der Waals surface area contributed by atoms with Crippen molar-refractivity contribution in [2.24, 2.45) is 5.73 Å². The van der Waals surface area contributed by atoms with Gasteiger partial charge in [-0.2, -0.15) is 0 Å². The molecular formula is C19H16F2N4O4. The van der Waals surface area contributed by atoms with E-state index < -0.39 is 34.5 Å².